The Morgan fingerprint density at radius 2 is 1.80 bits per heavy atom. The molecule has 0 aromatic rings. The summed E-state index contributed by atoms with van der Waals surface area (Å²) in [4.78, 5) is 50.2. The lowest BCUT2D eigenvalue weighted by Gasteiger charge is -2.63. The van der Waals surface area contributed by atoms with E-state index in [9.17, 15) is 24.3 Å². The fourth-order valence-corrected chi connectivity index (χ4v) is 8.53. The number of aliphatic hydroxyl groups is 1. The summed E-state index contributed by atoms with van der Waals surface area (Å²) in [6.45, 7) is 7.43. The number of Topliss-reactive ketones (excluding diaryl/α,β-unsaturated/α-hetero) is 1. The molecule has 0 saturated heterocycles. The lowest BCUT2D eigenvalue weighted by molar-refractivity contribution is -0.182. The maximum atomic E-state index is 14.0. The van der Waals surface area contributed by atoms with Crippen molar-refractivity contribution in [3.8, 4) is 0 Å². The molecule has 0 radical (unpaired) electrons. The largest absolute Gasteiger partial charge is 0.509 e. The standard InChI is InChI=1S/C31H43ClO8/c1-5-7-9-26(36)39-19-25(35)30(40-27(37)38-16-8-6-2)15-13-22-23-11-10-20-17-21(33)12-14-28(20,3)31(23,32)24(34)18-29(22,30)4/h12,14,17,22-24,34H,5-11,13,15-16,18-19H2,1-4H3/t22-,23-,24?,28-,29-,30-,31-/m0/s1. The van der Waals surface area contributed by atoms with E-state index in [2.05, 4.69) is 0 Å². The molecule has 0 bridgehead atoms. The van der Waals surface area contributed by atoms with Crippen LogP contribution in [0.25, 0.3) is 0 Å². The molecule has 40 heavy (non-hydrogen) atoms. The number of carbonyl (C=O) groups is 4. The zero-order valence-electron chi connectivity index (χ0n) is 24.1. The first-order chi connectivity index (χ1) is 18.9. The highest BCUT2D eigenvalue weighted by atomic mass is 35.5. The van der Waals surface area contributed by atoms with E-state index in [0.717, 1.165) is 18.4 Å². The molecule has 4 aliphatic rings. The number of aliphatic hydroxyl groups excluding tert-OH is 1. The minimum atomic E-state index is -1.64. The van der Waals surface area contributed by atoms with Crippen LogP contribution < -0.4 is 0 Å². The Labute approximate surface area is 241 Å². The van der Waals surface area contributed by atoms with Gasteiger partial charge in [0.15, 0.2) is 18.0 Å². The molecule has 4 rings (SSSR count). The summed E-state index contributed by atoms with van der Waals surface area (Å²) in [5, 5.41) is 11.8. The summed E-state index contributed by atoms with van der Waals surface area (Å²) in [5.41, 5.74) is -2.45. The summed E-state index contributed by atoms with van der Waals surface area (Å²) in [6, 6.07) is 0. The van der Waals surface area contributed by atoms with Gasteiger partial charge in [0.25, 0.3) is 0 Å². The van der Waals surface area contributed by atoms with E-state index in [-0.39, 0.29) is 43.5 Å². The van der Waals surface area contributed by atoms with Crippen LogP contribution in [-0.4, -0.2) is 58.6 Å². The second-order valence-electron chi connectivity index (χ2n) is 12.4. The average molecular weight is 579 g/mol. The molecule has 0 aromatic carbocycles. The number of rotatable bonds is 10. The molecular weight excluding hydrogens is 536 g/mol. The van der Waals surface area contributed by atoms with E-state index < -0.39 is 51.9 Å². The van der Waals surface area contributed by atoms with Crippen molar-refractivity contribution in [1.29, 1.82) is 0 Å². The van der Waals surface area contributed by atoms with Crippen molar-refractivity contribution in [2.75, 3.05) is 13.2 Å². The van der Waals surface area contributed by atoms with Gasteiger partial charge in [0, 0.05) is 17.3 Å². The molecule has 0 aromatic heterocycles. The molecule has 3 saturated carbocycles. The van der Waals surface area contributed by atoms with Crippen LogP contribution >= 0.6 is 11.6 Å². The smallest absolute Gasteiger partial charge is 0.457 e. The van der Waals surface area contributed by atoms with Crippen LogP contribution in [0.5, 0.6) is 0 Å². The fourth-order valence-electron chi connectivity index (χ4n) is 8.01. The van der Waals surface area contributed by atoms with Gasteiger partial charge < -0.3 is 19.3 Å². The monoisotopic (exact) mass is 578 g/mol. The number of ether oxygens (including phenoxy) is 3. The van der Waals surface area contributed by atoms with Crippen LogP contribution in [0.15, 0.2) is 23.8 Å². The number of carbonyl (C=O) groups excluding carboxylic acids is 4. The Kier molecular flexibility index (Phi) is 8.92. The number of fused-ring (bicyclic) bond motifs is 5. The van der Waals surface area contributed by atoms with Crippen LogP contribution in [0.4, 0.5) is 4.79 Å². The average Bonchev–Trinajstić information content (AvgIpc) is 3.19. The SMILES string of the molecule is CCCCOC(=O)O[C@]1(C(=O)COC(=O)CCCC)CC[C@H]2[C@@H]3CCC4=CC(=O)C=C[C@]4(C)[C@@]3(Cl)C(O)C[C@@]21C. The molecule has 8 nitrogen and oxygen atoms in total. The molecule has 4 aliphatic carbocycles. The maximum Gasteiger partial charge on any atom is 0.509 e. The summed E-state index contributed by atoms with van der Waals surface area (Å²) >= 11 is 7.49. The summed E-state index contributed by atoms with van der Waals surface area (Å²) in [7, 11) is 0. The van der Waals surface area contributed by atoms with Crippen LogP contribution in [0.3, 0.4) is 0 Å². The normalized spacial score (nSPS) is 38.0. The van der Waals surface area contributed by atoms with Gasteiger partial charge in [0.2, 0.25) is 5.78 Å². The van der Waals surface area contributed by atoms with Crippen LogP contribution in [0.2, 0.25) is 0 Å². The first kappa shape index (κ1) is 30.8. The number of unbranched alkanes of at least 4 members (excludes halogenated alkanes) is 2. The Morgan fingerprint density at radius 3 is 2.50 bits per heavy atom. The first-order valence-corrected chi connectivity index (χ1v) is 15.1. The topological polar surface area (TPSA) is 116 Å². The minimum Gasteiger partial charge on any atom is -0.457 e. The number of hydrogen-bond donors (Lipinski definition) is 1. The molecule has 3 fully saturated rings. The molecule has 222 valence electrons. The van der Waals surface area contributed by atoms with E-state index in [1.807, 2.05) is 33.8 Å². The summed E-state index contributed by atoms with van der Waals surface area (Å²) in [6.07, 6.45) is 8.24. The Hall–Kier alpha value is -2.19. The van der Waals surface area contributed by atoms with Crippen molar-refractivity contribution in [3.63, 3.8) is 0 Å². The third-order valence-electron chi connectivity index (χ3n) is 10.3. The second-order valence-corrected chi connectivity index (χ2v) is 13.0. The highest BCUT2D eigenvalue weighted by molar-refractivity contribution is 6.26. The van der Waals surface area contributed by atoms with Crippen LogP contribution in [0.1, 0.15) is 91.9 Å². The van der Waals surface area contributed by atoms with Crippen molar-refractivity contribution in [3.05, 3.63) is 23.8 Å². The molecular formula is C31H43ClO8. The molecule has 0 aliphatic heterocycles. The maximum absolute atomic E-state index is 14.0. The molecule has 0 spiro atoms. The van der Waals surface area contributed by atoms with Gasteiger partial charge in [-0.1, -0.05) is 52.2 Å². The van der Waals surface area contributed by atoms with Gasteiger partial charge >= 0.3 is 12.1 Å². The molecule has 0 amide bonds. The van der Waals surface area contributed by atoms with Gasteiger partial charge in [-0.3, -0.25) is 14.4 Å². The van der Waals surface area contributed by atoms with E-state index in [1.165, 1.54) is 6.08 Å². The first-order valence-electron chi connectivity index (χ1n) is 14.8. The number of ketones is 2. The Bertz CT molecular complexity index is 1100. The number of alkyl halides is 1. The molecule has 9 heteroatoms. The van der Waals surface area contributed by atoms with Gasteiger partial charge in [-0.15, -0.1) is 11.6 Å². The van der Waals surface area contributed by atoms with Crippen molar-refractivity contribution in [1.82, 2.24) is 0 Å². The van der Waals surface area contributed by atoms with Gasteiger partial charge in [0.1, 0.15) is 0 Å². The summed E-state index contributed by atoms with van der Waals surface area (Å²) < 4.78 is 16.6. The molecule has 7 atom stereocenters. The second kappa shape index (κ2) is 11.6. The number of halogens is 1. The van der Waals surface area contributed by atoms with Crippen molar-refractivity contribution in [2.45, 2.75) is 108 Å². The zero-order valence-corrected chi connectivity index (χ0v) is 24.9. The third-order valence-corrected chi connectivity index (χ3v) is 11.2. The van der Waals surface area contributed by atoms with Crippen LogP contribution in [-0.2, 0) is 28.6 Å². The number of hydrogen-bond acceptors (Lipinski definition) is 8. The van der Waals surface area contributed by atoms with E-state index in [0.29, 0.717) is 32.1 Å². The van der Waals surface area contributed by atoms with E-state index >= 15 is 0 Å². The van der Waals surface area contributed by atoms with E-state index in [4.69, 9.17) is 25.8 Å². The predicted molar refractivity (Wildman–Crippen MR) is 149 cm³/mol. The Balaban J connectivity index is 1.68. The third kappa shape index (κ3) is 4.83. The van der Waals surface area contributed by atoms with E-state index in [1.54, 1.807) is 6.08 Å². The molecule has 0 heterocycles. The van der Waals surface area contributed by atoms with Crippen molar-refractivity contribution < 1.29 is 38.5 Å². The zero-order chi connectivity index (χ0) is 29.3. The number of esters is 1. The highest BCUT2D eigenvalue weighted by Crippen LogP contribution is 2.71. The summed E-state index contributed by atoms with van der Waals surface area (Å²) in [5.74, 6) is -1.45. The van der Waals surface area contributed by atoms with Gasteiger partial charge in [-0.2, -0.15) is 0 Å². The Morgan fingerprint density at radius 1 is 1.07 bits per heavy atom. The highest BCUT2D eigenvalue weighted by Gasteiger charge is 2.74. The number of allylic oxidation sites excluding steroid dienone is 4. The molecule has 1 N–H and O–H groups in total. The quantitative estimate of drug-likeness (QED) is 0.202. The van der Waals surface area contributed by atoms with Crippen molar-refractivity contribution >= 4 is 35.3 Å². The van der Waals surface area contributed by atoms with Gasteiger partial charge in [-0.25, -0.2) is 4.79 Å². The fraction of sp³-hybridized carbons (Fsp3) is 0.742. The van der Waals surface area contributed by atoms with Gasteiger partial charge in [-0.05, 0) is 68.9 Å². The van der Waals surface area contributed by atoms with Gasteiger partial charge in [0.05, 0.1) is 17.6 Å². The van der Waals surface area contributed by atoms with Crippen LogP contribution in [0, 0.1) is 22.7 Å². The lowest BCUT2D eigenvalue weighted by atomic mass is 9.45. The predicted octanol–water partition coefficient (Wildman–Crippen LogP) is 5.62. The van der Waals surface area contributed by atoms with Crippen molar-refractivity contribution in [2.24, 2.45) is 22.7 Å². The molecule has 1 unspecified atom stereocenters. The minimum absolute atomic E-state index is 0.0877. The lowest BCUT2D eigenvalue weighted by Crippen LogP contribution is -2.69.